The number of carbonyl (C=O) groups excluding carboxylic acids is 1. The molecule has 0 aliphatic rings. The zero-order valence-electron chi connectivity index (χ0n) is 15.4. The number of carbonyl (C=O) groups is 2. The second-order valence-corrected chi connectivity index (χ2v) is 7.42. The molecule has 0 fully saturated rings. The van der Waals surface area contributed by atoms with Gasteiger partial charge in [0.15, 0.2) is 0 Å². The number of aliphatic carboxylic acids is 1. The number of hydrogen-bond donors (Lipinski definition) is 5. The van der Waals surface area contributed by atoms with Crippen LogP contribution in [0.5, 0.6) is 0 Å². The maximum Gasteiger partial charge on any atom is 0.305 e. The quantitative estimate of drug-likeness (QED) is 0.376. The molecule has 0 aromatic heterocycles. The fraction of sp³-hybridized carbons (Fsp3) is 0.556. The molecule has 0 aliphatic carbocycles. The Bertz CT molecular complexity index is 526. The highest BCUT2D eigenvalue weighted by Crippen LogP contribution is 2.19. The van der Waals surface area contributed by atoms with E-state index in [-0.39, 0.29) is 19.6 Å². The molecule has 1 aromatic carbocycles. The van der Waals surface area contributed by atoms with Gasteiger partial charge in [-0.05, 0) is 5.56 Å². The molecule has 0 radical (unpaired) electrons. The Hall–Kier alpha value is -1.61. The van der Waals surface area contributed by atoms with Gasteiger partial charge in [0.05, 0.1) is 13.0 Å². The first-order valence-electron chi connectivity index (χ1n) is 8.34. The SMILES string of the molecule is CC(C)(CO)C(O)C(=O)NCCC(=O)O.NCCSCc1ccccc1. The van der Waals surface area contributed by atoms with E-state index in [0.29, 0.717) is 0 Å². The third-order valence-corrected chi connectivity index (χ3v) is 4.47. The van der Waals surface area contributed by atoms with Gasteiger partial charge in [-0.3, -0.25) is 9.59 Å². The van der Waals surface area contributed by atoms with Crippen molar-refractivity contribution in [2.24, 2.45) is 11.1 Å². The predicted molar refractivity (Wildman–Crippen MR) is 104 cm³/mol. The Balaban J connectivity index is 0.000000502. The lowest BCUT2D eigenvalue weighted by molar-refractivity contribution is -0.138. The van der Waals surface area contributed by atoms with E-state index in [9.17, 15) is 14.7 Å². The lowest BCUT2D eigenvalue weighted by Gasteiger charge is -2.26. The van der Waals surface area contributed by atoms with E-state index < -0.39 is 23.4 Å². The van der Waals surface area contributed by atoms with E-state index in [2.05, 4.69) is 29.6 Å². The van der Waals surface area contributed by atoms with Gasteiger partial charge >= 0.3 is 5.97 Å². The molecule has 0 saturated carbocycles. The van der Waals surface area contributed by atoms with Crippen LogP contribution >= 0.6 is 11.8 Å². The van der Waals surface area contributed by atoms with Crippen molar-refractivity contribution in [2.75, 3.05) is 25.4 Å². The van der Waals surface area contributed by atoms with Gasteiger partial charge in [0.2, 0.25) is 5.91 Å². The van der Waals surface area contributed by atoms with Gasteiger partial charge in [0, 0.05) is 30.0 Å². The van der Waals surface area contributed by atoms with Gasteiger partial charge in [0.25, 0.3) is 0 Å². The number of carboxylic acids is 1. The standard InChI is InChI=1S/C9H17NO5.C9H13NS/c1-9(2,5-11)7(14)8(15)10-4-3-6(12)13;10-6-7-11-8-9-4-2-1-3-5-9/h7,11,14H,3-5H2,1-2H3,(H,10,15)(H,12,13);1-5H,6-8,10H2. The molecular formula is C18H30N2O5S. The van der Waals surface area contributed by atoms with Gasteiger partial charge < -0.3 is 26.4 Å². The minimum atomic E-state index is -1.35. The van der Waals surface area contributed by atoms with Crippen molar-refractivity contribution in [3.8, 4) is 0 Å². The number of amides is 1. The molecule has 1 atom stereocenters. The highest BCUT2D eigenvalue weighted by atomic mass is 32.2. The monoisotopic (exact) mass is 386 g/mol. The van der Waals surface area contributed by atoms with Crippen molar-refractivity contribution < 1.29 is 24.9 Å². The molecule has 0 spiro atoms. The van der Waals surface area contributed by atoms with Crippen LogP contribution < -0.4 is 11.1 Å². The van der Waals surface area contributed by atoms with Gasteiger partial charge in [-0.2, -0.15) is 11.8 Å². The molecule has 0 saturated heterocycles. The summed E-state index contributed by atoms with van der Waals surface area (Å²) < 4.78 is 0. The third-order valence-electron chi connectivity index (χ3n) is 3.41. The molecule has 1 unspecified atom stereocenters. The van der Waals surface area contributed by atoms with E-state index in [0.717, 1.165) is 18.1 Å². The largest absolute Gasteiger partial charge is 0.481 e. The first-order valence-corrected chi connectivity index (χ1v) is 9.50. The molecule has 26 heavy (non-hydrogen) atoms. The summed E-state index contributed by atoms with van der Waals surface area (Å²) in [4.78, 5) is 21.4. The molecule has 148 valence electrons. The number of hydrogen-bond acceptors (Lipinski definition) is 6. The predicted octanol–water partition coefficient (Wildman–Crippen LogP) is 0.835. The van der Waals surface area contributed by atoms with Crippen molar-refractivity contribution in [3.05, 3.63) is 35.9 Å². The lowest BCUT2D eigenvalue weighted by Crippen LogP contribution is -2.45. The Morgan fingerprint density at radius 2 is 1.88 bits per heavy atom. The van der Waals surface area contributed by atoms with E-state index in [4.69, 9.17) is 15.9 Å². The Morgan fingerprint density at radius 3 is 2.38 bits per heavy atom. The maximum atomic E-state index is 11.3. The van der Waals surface area contributed by atoms with Crippen LogP contribution in [0.1, 0.15) is 25.8 Å². The summed E-state index contributed by atoms with van der Waals surface area (Å²) >= 11 is 1.88. The van der Waals surface area contributed by atoms with Gasteiger partial charge in [-0.25, -0.2) is 0 Å². The molecule has 7 nitrogen and oxygen atoms in total. The minimum Gasteiger partial charge on any atom is -0.481 e. The molecule has 8 heteroatoms. The zero-order chi connectivity index (χ0) is 20.0. The fourth-order valence-electron chi connectivity index (χ4n) is 1.68. The molecule has 0 heterocycles. The third kappa shape index (κ3) is 11.1. The number of nitrogens with two attached hydrogens (primary N) is 1. The van der Waals surface area contributed by atoms with Gasteiger partial charge in [-0.1, -0.05) is 44.2 Å². The average molecular weight is 387 g/mol. The molecule has 1 aromatic rings. The molecular weight excluding hydrogens is 356 g/mol. The van der Waals surface area contributed by atoms with Crippen molar-refractivity contribution in [2.45, 2.75) is 32.1 Å². The molecule has 6 N–H and O–H groups in total. The van der Waals surface area contributed by atoms with Crippen molar-refractivity contribution in [1.82, 2.24) is 5.32 Å². The minimum absolute atomic E-state index is 0.0350. The van der Waals surface area contributed by atoms with E-state index in [1.165, 1.54) is 19.4 Å². The van der Waals surface area contributed by atoms with Gasteiger partial charge in [0.1, 0.15) is 6.10 Å². The topological polar surface area (TPSA) is 133 Å². The van der Waals surface area contributed by atoms with E-state index in [1.807, 2.05) is 17.8 Å². The maximum absolute atomic E-state index is 11.3. The average Bonchev–Trinajstić information content (AvgIpc) is 2.62. The Kier molecular flexibility index (Phi) is 12.7. The summed E-state index contributed by atoms with van der Waals surface area (Å²) in [5.74, 6) is 0.439. The van der Waals surface area contributed by atoms with Crippen LogP contribution in [0.25, 0.3) is 0 Å². The van der Waals surface area contributed by atoms with Gasteiger partial charge in [-0.15, -0.1) is 0 Å². The Labute approximate surface area is 159 Å². The lowest BCUT2D eigenvalue weighted by atomic mass is 9.87. The smallest absolute Gasteiger partial charge is 0.305 e. The van der Waals surface area contributed by atoms with Crippen LogP contribution in [-0.2, 0) is 15.3 Å². The summed E-state index contributed by atoms with van der Waals surface area (Å²) in [6.07, 6.45) is -1.55. The van der Waals surface area contributed by atoms with E-state index >= 15 is 0 Å². The number of benzene rings is 1. The van der Waals surface area contributed by atoms with Crippen LogP contribution in [0.2, 0.25) is 0 Å². The van der Waals surface area contributed by atoms with Crippen LogP contribution in [0.3, 0.4) is 0 Å². The summed E-state index contributed by atoms with van der Waals surface area (Å²) in [7, 11) is 0. The Morgan fingerprint density at radius 1 is 1.27 bits per heavy atom. The second kappa shape index (κ2) is 13.6. The van der Waals surface area contributed by atoms with Crippen LogP contribution in [0.15, 0.2) is 30.3 Å². The highest BCUT2D eigenvalue weighted by Gasteiger charge is 2.32. The summed E-state index contributed by atoms with van der Waals surface area (Å²) in [5, 5.41) is 29.0. The molecule has 0 bridgehead atoms. The second-order valence-electron chi connectivity index (χ2n) is 6.31. The van der Waals surface area contributed by atoms with Crippen molar-refractivity contribution >= 4 is 23.6 Å². The van der Waals surface area contributed by atoms with Crippen molar-refractivity contribution in [3.63, 3.8) is 0 Å². The zero-order valence-corrected chi connectivity index (χ0v) is 16.2. The van der Waals surface area contributed by atoms with Crippen LogP contribution in [0, 0.1) is 5.41 Å². The van der Waals surface area contributed by atoms with Crippen molar-refractivity contribution in [1.29, 1.82) is 0 Å². The first-order chi connectivity index (χ1) is 12.2. The summed E-state index contributed by atoms with van der Waals surface area (Å²) in [6, 6.07) is 10.5. The van der Waals surface area contributed by atoms with Crippen LogP contribution in [0.4, 0.5) is 0 Å². The number of rotatable bonds is 10. The summed E-state index contributed by atoms with van der Waals surface area (Å²) in [6.45, 7) is 3.48. The first kappa shape index (κ1) is 24.4. The number of nitrogens with one attached hydrogen (secondary N) is 1. The van der Waals surface area contributed by atoms with Crippen LogP contribution in [-0.4, -0.2) is 58.7 Å². The number of aliphatic hydroxyl groups is 2. The number of thioether (sulfide) groups is 1. The molecule has 0 aliphatic heterocycles. The highest BCUT2D eigenvalue weighted by molar-refractivity contribution is 7.98. The molecule has 1 amide bonds. The number of aliphatic hydroxyl groups excluding tert-OH is 2. The fourth-order valence-corrected chi connectivity index (χ4v) is 2.42. The van der Waals surface area contributed by atoms with E-state index in [1.54, 1.807) is 0 Å². The number of carboxylic acid groups (broad SMARTS) is 1. The summed E-state index contributed by atoms with van der Waals surface area (Å²) in [5.41, 5.74) is 5.82. The normalized spacial score (nSPS) is 11.9. The molecule has 1 rings (SSSR count).